The minimum Gasteiger partial charge on any atom is -0.453 e. The number of carbonyl (C=O) groups is 5. The molecule has 0 saturated carbocycles. The zero-order chi connectivity index (χ0) is 48.4. The molecular weight excluding hydrogens is 896 g/mol. The van der Waals surface area contributed by atoms with E-state index in [1.54, 1.807) is 52.4 Å². The summed E-state index contributed by atoms with van der Waals surface area (Å²) in [5.41, 5.74) is 0.966. The van der Waals surface area contributed by atoms with Crippen molar-refractivity contribution in [1.29, 1.82) is 0 Å². The maximum absolute atomic E-state index is 13.8. The lowest BCUT2D eigenvalue weighted by Crippen LogP contribution is -2.62. The third-order valence-corrected chi connectivity index (χ3v) is 12.8. The lowest BCUT2D eigenvalue weighted by atomic mass is 9.95. The molecule has 4 saturated heterocycles. The van der Waals surface area contributed by atoms with Crippen LogP contribution in [0.5, 0.6) is 5.75 Å². The second-order valence-corrected chi connectivity index (χ2v) is 17.2. The van der Waals surface area contributed by atoms with Gasteiger partial charge in [0.25, 0.3) is 5.91 Å². The van der Waals surface area contributed by atoms with E-state index in [0.717, 1.165) is 12.5 Å². The highest BCUT2D eigenvalue weighted by molar-refractivity contribution is 6.04. The number of nitrogens with one attached hydrogen (secondary N) is 3. The average Bonchev–Trinajstić information content (AvgIpc) is 4.15. The number of nitrogens with zero attached hydrogens (tertiary/aromatic N) is 6. The van der Waals surface area contributed by atoms with Gasteiger partial charge in [0, 0.05) is 69.3 Å². The lowest BCUT2D eigenvalue weighted by molar-refractivity contribution is -0.274. The number of carbonyl (C=O) groups excluding carboxylic acids is 5. The van der Waals surface area contributed by atoms with Gasteiger partial charge in [-0.05, 0) is 62.1 Å². The van der Waals surface area contributed by atoms with Crippen LogP contribution in [-0.4, -0.2) is 156 Å². The fourth-order valence-electron chi connectivity index (χ4n) is 9.41. The standard InChI is InChI=1S/C46H52F3N9O10/c1-28-25-55(42(62)44(2)14-5-15-58(44)39(60)26-64-3)16-17-56(28)37-13-10-31(22-50-37)41(61)53-32-11-12-33(36(20-32)68-46(47,48)49)29-6-8-30(9-7-29)34-23-51-40(54-34)35-21-45(66-18-19-67-45)27-57(35)38(59)24-52-43(63)65-4/h6-13,20,22-23,28,35H,5,14-19,21,24-27H2,1-4H3,(H,51,54)(H,52,63)(H,53,61)/t28-,35+,44+/m1/s1. The van der Waals surface area contributed by atoms with E-state index in [0.29, 0.717) is 74.3 Å². The number of halogens is 3. The van der Waals surface area contributed by atoms with Crippen LogP contribution in [0.15, 0.2) is 67.0 Å². The molecule has 1 spiro atoms. The number of ether oxygens (including phenoxy) is 5. The molecule has 5 amide bonds. The molecule has 2 aromatic carbocycles. The maximum atomic E-state index is 13.8. The molecule has 0 bridgehead atoms. The second kappa shape index (κ2) is 19.4. The Hall–Kier alpha value is -6.78. The quantitative estimate of drug-likeness (QED) is 0.176. The third-order valence-electron chi connectivity index (χ3n) is 12.8. The molecule has 6 heterocycles. The van der Waals surface area contributed by atoms with Gasteiger partial charge < -0.3 is 58.9 Å². The number of imidazole rings is 1. The number of aromatic amines is 1. The van der Waals surface area contributed by atoms with Gasteiger partial charge in [0.2, 0.25) is 17.7 Å². The molecule has 3 atom stereocenters. The number of alkyl carbamates (subject to hydrolysis) is 1. The summed E-state index contributed by atoms with van der Waals surface area (Å²) in [6.45, 7) is 5.95. The smallest absolute Gasteiger partial charge is 0.453 e. The fourth-order valence-corrected chi connectivity index (χ4v) is 9.41. The highest BCUT2D eigenvalue weighted by Crippen LogP contribution is 2.43. The molecule has 4 fully saturated rings. The maximum Gasteiger partial charge on any atom is 0.573 e. The highest BCUT2D eigenvalue weighted by Gasteiger charge is 2.52. The molecule has 68 heavy (non-hydrogen) atoms. The van der Waals surface area contributed by atoms with Crippen LogP contribution in [0.3, 0.4) is 0 Å². The molecule has 8 rings (SSSR count). The van der Waals surface area contributed by atoms with Crippen LogP contribution in [0.4, 0.5) is 29.5 Å². The van der Waals surface area contributed by atoms with Crippen molar-refractivity contribution in [3.63, 3.8) is 0 Å². The van der Waals surface area contributed by atoms with Crippen molar-refractivity contribution in [3.05, 3.63) is 78.4 Å². The molecule has 22 heteroatoms. The van der Waals surface area contributed by atoms with Crippen molar-refractivity contribution in [2.45, 2.75) is 62.9 Å². The predicted octanol–water partition coefficient (Wildman–Crippen LogP) is 4.73. The molecule has 3 N–H and O–H groups in total. The number of likely N-dealkylation sites (tertiary alicyclic amines) is 2. The van der Waals surface area contributed by atoms with Crippen LogP contribution in [0.2, 0.25) is 0 Å². The summed E-state index contributed by atoms with van der Waals surface area (Å²) in [5, 5.41) is 5.04. The minimum atomic E-state index is -5.05. The third kappa shape index (κ3) is 10.1. The molecule has 362 valence electrons. The summed E-state index contributed by atoms with van der Waals surface area (Å²) < 4.78 is 67.2. The van der Waals surface area contributed by atoms with Gasteiger partial charge in [-0.1, -0.05) is 24.3 Å². The van der Waals surface area contributed by atoms with E-state index in [-0.39, 0.29) is 60.8 Å². The van der Waals surface area contributed by atoms with Gasteiger partial charge in [-0.2, -0.15) is 0 Å². The molecule has 4 aliphatic rings. The number of methoxy groups -OCH3 is 2. The first-order chi connectivity index (χ1) is 32.5. The van der Waals surface area contributed by atoms with E-state index in [1.165, 1.54) is 37.4 Å². The van der Waals surface area contributed by atoms with Crippen molar-refractivity contribution in [2.75, 3.05) is 83.5 Å². The number of aromatic nitrogens is 3. The number of piperazine rings is 1. The number of anilines is 2. The van der Waals surface area contributed by atoms with Gasteiger partial charge in [0.1, 0.15) is 36.1 Å². The van der Waals surface area contributed by atoms with Gasteiger partial charge in [-0.15, -0.1) is 13.2 Å². The number of amides is 5. The first-order valence-electron chi connectivity index (χ1n) is 22.1. The Kier molecular flexibility index (Phi) is 13.6. The zero-order valence-electron chi connectivity index (χ0n) is 37.9. The first kappa shape index (κ1) is 47.7. The topological polar surface area (TPSA) is 210 Å². The number of rotatable bonds is 12. The Balaban J connectivity index is 0.917. The van der Waals surface area contributed by atoms with Crippen LogP contribution in [0.25, 0.3) is 22.4 Å². The molecule has 2 aromatic heterocycles. The van der Waals surface area contributed by atoms with Crippen molar-refractivity contribution in [1.82, 2.24) is 35.0 Å². The number of H-pyrrole nitrogens is 1. The van der Waals surface area contributed by atoms with Crippen molar-refractivity contribution < 1.29 is 60.8 Å². The van der Waals surface area contributed by atoms with Gasteiger partial charge >= 0.3 is 12.5 Å². The fraction of sp³-hybridized carbons (Fsp3) is 0.457. The largest absolute Gasteiger partial charge is 0.573 e. The normalized spacial score (nSPS) is 21.3. The van der Waals surface area contributed by atoms with Gasteiger partial charge in [0.15, 0.2) is 5.79 Å². The molecular formula is C46H52F3N9O10. The predicted molar refractivity (Wildman–Crippen MR) is 237 cm³/mol. The summed E-state index contributed by atoms with van der Waals surface area (Å²) in [7, 11) is 2.64. The molecule has 4 aliphatic heterocycles. The minimum absolute atomic E-state index is 0.0484. The molecule has 4 aromatic rings. The van der Waals surface area contributed by atoms with Crippen molar-refractivity contribution >= 4 is 41.2 Å². The summed E-state index contributed by atoms with van der Waals surface area (Å²) >= 11 is 0. The monoisotopic (exact) mass is 947 g/mol. The van der Waals surface area contributed by atoms with Gasteiger partial charge in [-0.25, -0.2) is 14.8 Å². The Labute approximate surface area is 389 Å². The second-order valence-electron chi connectivity index (χ2n) is 17.2. The number of pyridine rings is 1. The number of benzene rings is 2. The summed E-state index contributed by atoms with van der Waals surface area (Å²) in [6.07, 6.45) is -1.28. The van der Waals surface area contributed by atoms with E-state index < -0.39 is 47.4 Å². The van der Waals surface area contributed by atoms with Crippen molar-refractivity contribution in [3.8, 4) is 28.1 Å². The Bertz CT molecular complexity index is 2520. The SMILES string of the molecule is COCC(=O)N1CCC[C@@]1(C)C(=O)N1CCN(c2ccc(C(=O)Nc3ccc(-c4ccc(-c5cnc([C@@H]6CC7(CN6C(=O)CNC(=O)OC)OCCO7)[nH]5)cc4)c(OC(F)(F)F)c3)cn2)[C@H](C)C1. The summed E-state index contributed by atoms with van der Waals surface area (Å²) in [6, 6.07) is 13.1. The molecule has 19 nitrogen and oxygen atoms in total. The van der Waals surface area contributed by atoms with E-state index >= 15 is 0 Å². The van der Waals surface area contributed by atoms with Gasteiger partial charge in [0.05, 0.1) is 50.4 Å². The lowest BCUT2D eigenvalue weighted by Gasteiger charge is -2.44. The molecule has 0 radical (unpaired) electrons. The van der Waals surface area contributed by atoms with E-state index in [1.807, 2.05) is 18.7 Å². The number of hydrogen-bond donors (Lipinski definition) is 3. The molecule has 0 aliphatic carbocycles. The Morgan fingerprint density at radius 2 is 1.68 bits per heavy atom. The van der Waals surface area contributed by atoms with Crippen LogP contribution in [0.1, 0.15) is 55.3 Å². The average molecular weight is 948 g/mol. The molecule has 0 unspecified atom stereocenters. The summed E-state index contributed by atoms with van der Waals surface area (Å²) in [5.74, 6) is -1.88. The van der Waals surface area contributed by atoms with Crippen LogP contribution < -0.4 is 20.3 Å². The van der Waals surface area contributed by atoms with Crippen molar-refractivity contribution in [2.24, 2.45) is 0 Å². The number of hydrogen-bond acceptors (Lipinski definition) is 13. The van der Waals surface area contributed by atoms with E-state index in [2.05, 4.69) is 35.1 Å². The van der Waals surface area contributed by atoms with Gasteiger partial charge in [-0.3, -0.25) is 19.2 Å². The van der Waals surface area contributed by atoms with E-state index in [9.17, 15) is 37.1 Å². The Morgan fingerprint density at radius 1 is 0.926 bits per heavy atom. The zero-order valence-corrected chi connectivity index (χ0v) is 37.9. The summed E-state index contributed by atoms with van der Waals surface area (Å²) in [4.78, 5) is 84.0. The highest BCUT2D eigenvalue weighted by atomic mass is 19.4. The van der Waals surface area contributed by atoms with Crippen LogP contribution in [0, 0.1) is 0 Å². The van der Waals surface area contributed by atoms with Crippen LogP contribution >= 0.6 is 0 Å². The first-order valence-corrected chi connectivity index (χ1v) is 22.1. The Morgan fingerprint density at radius 3 is 2.35 bits per heavy atom. The van der Waals surface area contributed by atoms with Crippen LogP contribution in [-0.2, 0) is 33.3 Å². The van der Waals surface area contributed by atoms with E-state index in [4.69, 9.17) is 14.2 Å². The number of alkyl halides is 3.